The molecule has 1 saturated carbocycles. The third-order valence-electron chi connectivity index (χ3n) is 4.45. The van der Waals surface area contributed by atoms with Gasteiger partial charge in [0, 0.05) is 18.1 Å². The van der Waals surface area contributed by atoms with Crippen molar-refractivity contribution in [1.29, 1.82) is 0 Å². The molecule has 1 N–H and O–H groups in total. The number of hydrogen-bond acceptors (Lipinski definition) is 4. The van der Waals surface area contributed by atoms with Gasteiger partial charge in [-0.05, 0) is 24.0 Å². The Morgan fingerprint density at radius 2 is 1.81 bits per heavy atom. The SMILES string of the molecule is COc1cccc(N=C2CC(C)(C)CC(=O)C2=C(O)c2ccccc2)c1. The molecule has 1 aliphatic carbocycles. The van der Waals surface area contributed by atoms with E-state index < -0.39 is 0 Å². The number of ketones is 1. The van der Waals surface area contributed by atoms with Crippen molar-refractivity contribution >= 4 is 22.9 Å². The van der Waals surface area contributed by atoms with E-state index in [1.807, 2.05) is 56.3 Å². The number of hydrogen-bond donors (Lipinski definition) is 1. The number of carbonyl (C=O) groups excluding carboxylic acids is 1. The molecule has 2 aromatic carbocycles. The predicted molar refractivity (Wildman–Crippen MR) is 104 cm³/mol. The number of aliphatic hydroxyl groups excluding tert-OH is 1. The molecule has 3 rings (SSSR count). The average molecular weight is 349 g/mol. The van der Waals surface area contributed by atoms with Crippen LogP contribution in [0.15, 0.2) is 65.2 Å². The third kappa shape index (κ3) is 3.85. The van der Waals surface area contributed by atoms with E-state index in [0.717, 1.165) is 0 Å². The first-order valence-corrected chi connectivity index (χ1v) is 8.63. The molecule has 0 atom stereocenters. The van der Waals surface area contributed by atoms with Crippen molar-refractivity contribution in [2.24, 2.45) is 10.4 Å². The van der Waals surface area contributed by atoms with Gasteiger partial charge in [0.2, 0.25) is 0 Å². The fourth-order valence-corrected chi connectivity index (χ4v) is 3.23. The summed E-state index contributed by atoms with van der Waals surface area (Å²) in [5.74, 6) is 0.614. The number of benzene rings is 2. The zero-order valence-corrected chi connectivity index (χ0v) is 15.3. The number of methoxy groups -OCH3 is 1. The molecular formula is C22H23NO3. The van der Waals surface area contributed by atoms with Gasteiger partial charge in [-0.1, -0.05) is 50.2 Å². The first-order valence-electron chi connectivity index (χ1n) is 8.63. The van der Waals surface area contributed by atoms with Gasteiger partial charge in [-0.2, -0.15) is 0 Å². The molecule has 4 nitrogen and oxygen atoms in total. The van der Waals surface area contributed by atoms with Crippen molar-refractivity contribution in [1.82, 2.24) is 0 Å². The second-order valence-electron chi connectivity index (χ2n) is 7.29. The van der Waals surface area contributed by atoms with Gasteiger partial charge in [0.05, 0.1) is 24.1 Å². The summed E-state index contributed by atoms with van der Waals surface area (Å²) >= 11 is 0. The lowest BCUT2D eigenvalue weighted by molar-refractivity contribution is -0.117. The van der Waals surface area contributed by atoms with E-state index in [1.165, 1.54) is 0 Å². The topological polar surface area (TPSA) is 58.9 Å². The molecule has 0 radical (unpaired) electrons. The number of carbonyl (C=O) groups is 1. The molecule has 0 aromatic heterocycles. The Labute approximate surface area is 153 Å². The maximum Gasteiger partial charge on any atom is 0.169 e. The van der Waals surface area contributed by atoms with Crippen LogP contribution in [0.3, 0.4) is 0 Å². The Morgan fingerprint density at radius 3 is 2.50 bits per heavy atom. The molecule has 26 heavy (non-hydrogen) atoms. The Balaban J connectivity index is 2.13. The van der Waals surface area contributed by atoms with Crippen molar-refractivity contribution in [2.45, 2.75) is 26.7 Å². The minimum absolute atomic E-state index is 0.00672. The predicted octanol–water partition coefficient (Wildman–Crippen LogP) is 5.13. The van der Waals surface area contributed by atoms with Crippen molar-refractivity contribution < 1.29 is 14.6 Å². The van der Waals surface area contributed by atoms with Gasteiger partial charge in [-0.25, -0.2) is 0 Å². The number of Topliss-reactive ketones (excluding diaryl/α,β-unsaturated/α-hetero) is 1. The number of nitrogens with zero attached hydrogens (tertiary/aromatic N) is 1. The van der Waals surface area contributed by atoms with Crippen LogP contribution in [0.2, 0.25) is 0 Å². The minimum Gasteiger partial charge on any atom is -0.506 e. The fourth-order valence-electron chi connectivity index (χ4n) is 3.23. The summed E-state index contributed by atoms with van der Waals surface area (Å²) in [4.78, 5) is 17.5. The molecule has 0 aliphatic heterocycles. The highest BCUT2D eigenvalue weighted by Gasteiger charge is 2.36. The molecular weight excluding hydrogens is 326 g/mol. The molecule has 4 heteroatoms. The summed E-state index contributed by atoms with van der Waals surface area (Å²) in [7, 11) is 1.60. The minimum atomic E-state index is -0.199. The Bertz CT molecular complexity index is 879. The molecule has 2 aromatic rings. The lowest BCUT2D eigenvalue weighted by Crippen LogP contribution is -2.32. The van der Waals surface area contributed by atoms with E-state index in [4.69, 9.17) is 9.73 Å². The van der Waals surface area contributed by atoms with E-state index in [1.54, 1.807) is 19.2 Å². The first-order chi connectivity index (χ1) is 12.4. The van der Waals surface area contributed by atoms with Gasteiger partial charge in [-0.3, -0.25) is 9.79 Å². The van der Waals surface area contributed by atoms with Crippen LogP contribution < -0.4 is 4.74 Å². The standard InChI is InChI=1S/C22H23NO3/c1-22(2)13-18(23-16-10-7-11-17(12-16)26-3)20(19(24)14-22)21(25)15-8-5-4-6-9-15/h4-12,25H,13-14H2,1-3H3. The number of aliphatic imine (C=N–C) groups is 1. The summed E-state index contributed by atoms with van der Waals surface area (Å²) in [5.41, 5.74) is 2.05. The Kier molecular flexibility index (Phi) is 4.94. The Hall–Kier alpha value is -2.88. The average Bonchev–Trinajstić information content (AvgIpc) is 2.61. The molecule has 0 amide bonds. The maximum absolute atomic E-state index is 12.8. The third-order valence-corrected chi connectivity index (χ3v) is 4.45. The van der Waals surface area contributed by atoms with E-state index in [0.29, 0.717) is 41.1 Å². The summed E-state index contributed by atoms with van der Waals surface area (Å²) in [5, 5.41) is 10.8. The number of aliphatic hydroxyl groups is 1. The van der Waals surface area contributed by atoms with Gasteiger partial charge >= 0.3 is 0 Å². The molecule has 0 bridgehead atoms. The second-order valence-corrected chi connectivity index (χ2v) is 7.29. The van der Waals surface area contributed by atoms with Crippen molar-refractivity contribution in [3.63, 3.8) is 0 Å². The van der Waals surface area contributed by atoms with Crippen LogP contribution in [-0.2, 0) is 4.79 Å². The van der Waals surface area contributed by atoms with Crippen LogP contribution >= 0.6 is 0 Å². The molecule has 0 spiro atoms. The molecule has 1 fully saturated rings. The van der Waals surface area contributed by atoms with Crippen LogP contribution in [0.4, 0.5) is 5.69 Å². The van der Waals surface area contributed by atoms with Crippen LogP contribution in [0.1, 0.15) is 32.3 Å². The largest absolute Gasteiger partial charge is 0.506 e. The molecule has 0 unspecified atom stereocenters. The highest BCUT2D eigenvalue weighted by molar-refractivity contribution is 6.28. The summed E-state index contributed by atoms with van der Waals surface area (Å²) in [6, 6.07) is 16.5. The summed E-state index contributed by atoms with van der Waals surface area (Å²) in [6.45, 7) is 4.09. The molecule has 1 aliphatic rings. The highest BCUT2D eigenvalue weighted by atomic mass is 16.5. The second kappa shape index (κ2) is 7.16. The summed E-state index contributed by atoms with van der Waals surface area (Å²) < 4.78 is 5.25. The zero-order chi connectivity index (χ0) is 18.7. The monoisotopic (exact) mass is 349 g/mol. The number of rotatable bonds is 3. The molecule has 0 saturated heterocycles. The summed E-state index contributed by atoms with van der Waals surface area (Å²) in [6.07, 6.45) is 0.999. The van der Waals surface area contributed by atoms with Crippen LogP contribution in [0.25, 0.3) is 5.76 Å². The lowest BCUT2D eigenvalue weighted by atomic mass is 9.73. The number of allylic oxidation sites excluding steroid dienone is 1. The van der Waals surface area contributed by atoms with Gasteiger partial charge < -0.3 is 9.84 Å². The normalized spacial score (nSPS) is 20.1. The highest BCUT2D eigenvalue weighted by Crippen LogP contribution is 2.38. The maximum atomic E-state index is 12.8. The smallest absolute Gasteiger partial charge is 0.169 e. The quantitative estimate of drug-likeness (QED) is 0.617. The first kappa shape index (κ1) is 17.9. The Morgan fingerprint density at radius 1 is 1.08 bits per heavy atom. The van der Waals surface area contributed by atoms with E-state index in [9.17, 15) is 9.90 Å². The van der Waals surface area contributed by atoms with E-state index >= 15 is 0 Å². The lowest BCUT2D eigenvalue weighted by Gasteiger charge is -2.31. The van der Waals surface area contributed by atoms with Crippen molar-refractivity contribution in [2.75, 3.05) is 7.11 Å². The van der Waals surface area contributed by atoms with E-state index in [-0.39, 0.29) is 17.0 Å². The fraction of sp³-hybridized carbons (Fsp3) is 0.273. The zero-order valence-electron chi connectivity index (χ0n) is 15.3. The van der Waals surface area contributed by atoms with Crippen LogP contribution in [0, 0.1) is 5.41 Å². The van der Waals surface area contributed by atoms with Gasteiger partial charge in [0.1, 0.15) is 11.5 Å². The van der Waals surface area contributed by atoms with E-state index in [2.05, 4.69) is 0 Å². The van der Waals surface area contributed by atoms with Crippen LogP contribution in [-0.4, -0.2) is 23.7 Å². The van der Waals surface area contributed by atoms with Crippen molar-refractivity contribution in [3.05, 3.63) is 65.7 Å². The van der Waals surface area contributed by atoms with Gasteiger partial charge in [-0.15, -0.1) is 0 Å². The van der Waals surface area contributed by atoms with Gasteiger partial charge in [0.15, 0.2) is 5.78 Å². The van der Waals surface area contributed by atoms with Gasteiger partial charge in [0.25, 0.3) is 0 Å². The van der Waals surface area contributed by atoms with Crippen molar-refractivity contribution in [3.8, 4) is 5.75 Å². The number of ether oxygens (including phenoxy) is 1. The van der Waals surface area contributed by atoms with Crippen LogP contribution in [0.5, 0.6) is 5.75 Å². The molecule has 0 heterocycles. The molecule has 134 valence electrons.